The quantitative estimate of drug-likeness (QED) is 0.158. The zero-order chi connectivity index (χ0) is 25.4. The van der Waals surface area contributed by atoms with Crippen molar-refractivity contribution < 1.29 is 19.1 Å². The summed E-state index contributed by atoms with van der Waals surface area (Å²) in [4.78, 5) is 27.3. The standard InChI is InChI=1S/C31H27BrO4/c1-35-30(34)31(26-17-19-27(32)20-18-26,36-22-23-11-5-2-6-12-23)28(24-13-7-3-8-14-24)21-29(33)25-15-9-4-10-16-25/h2-20,28H,21-22H2,1H3/t28-,31+/m0/s1. The fourth-order valence-electron chi connectivity index (χ4n) is 4.43. The Morgan fingerprint density at radius 2 is 1.33 bits per heavy atom. The molecule has 4 aromatic carbocycles. The van der Waals surface area contributed by atoms with E-state index in [9.17, 15) is 9.59 Å². The SMILES string of the molecule is COC(=O)[C@@](OCc1ccccc1)(c1ccc(Br)cc1)[C@@H](CC(=O)c1ccccc1)c1ccccc1. The number of hydrogen-bond donors (Lipinski definition) is 0. The summed E-state index contributed by atoms with van der Waals surface area (Å²) >= 11 is 3.48. The van der Waals surface area contributed by atoms with Crippen molar-refractivity contribution in [2.45, 2.75) is 24.5 Å². The fourth-order valence-corrected chi connectivity index (χ4v) is 4.70. The van der Waals surface area contributed by atoms with Crippen molar-refractivity contribution in [2.24, 2.45) is 0 Å². The molecule has 0 aromatic heterocycles. The predicted octanol–water partition coefficient (Wildman–Crippen LogP) is 7.09. The highest BCUT2D eigenvalue weighted by Gasteiger charge is 2.51. The number of halogens is 1. The first-order valence-corrected chi connectivity index (χ1v) is 12.5. The van der Waals surface area contributed by atoms with Gasteiger partial charge in [0.15, 0.2) is 11.4 Å². The average molecular weight is 543 g/mol. The maximum absolute atomic E-state index is 13.8. The Kier molecular flexibility index (Phi) is 8.47. The third kappa shape index (κ3) is 5.64. The van der Waals surface area contributed by atoms with Gasteiger partial charge in [0.2, 0.25) is 0 Å². The molecule has 0 aliphatic rings. The molecule has 0 saturated carbocycles. The van der Waals surface area contributed by atoms with E-state index < -0.39 is 17.5 Å². The van der Waals surface area contributed by atoms with E-state index in [-0.39, 0.29) is 18.8 Å². The highest BCUT2D eigenvalue weighted by atomic mass is 79.9. The normalized spacial score (nSPS) is 13.4. The summed E-state index contributed by atoms with van der Waals surface area (Å²) in [7, 11) is 1.35. The second kappa shape index (κ2) is 11.9. The van der Waals surface area contributed by atoms with Crippen molar-refractivity contribution in [1.29, 1.82) is 0 Å². The Labute approximate surface area is 220 Å². The maximum Gasteiger partial charge on any atom is 0.343 e. The topological polar surface area (TPSA) is 52.6 Å². The summed E-state index contributed by atoms with van der Waals surface area (Å²) in [6.45, 7) is 0.162. The summed E-state index contributed by atoms with van der Waals surface area (Å²) in [6.07, 6.45) is 0.0496. The molecule has 0 N–H and O–H groups in total. The Hall–Kier alpha value is -3.54. The molecule has 0 bridgehead atoms. The number of methoxy groups -OCH3 is 1. The van der Waals surface area contributed by atoms with Gasteiger partial charge in [0.05, 0.1) is 13.7 Å². The molecule has 0 aliphatic carbocycles. The van der Waals surface area contributed by atoms with E-state index in [0.29, 0.717) is 11.1 Å². The molecule has 2 atom stereocenters. The molecular formula is C31H27BrO4. The Balaban J connectivity index is 1.89. The van der Waals surface area contributed by atoms with Crippen molar-refractivity contribution in [3.05, 3.63) is 142 Å². The van der Waals surface area contributed by atoms with E-state index in [1.165, 1.54) is 7.11 Å². The van der Waals surface area contributed by atoms with Gasteiger partial charge in [-0.25, -0.2) is 4.79 Å². The molecular weight excluding hydrogens is 516 g/mol. The first-order valence-electron chi connectivity index (χ1n) is 11.7. The lowest BCUT2D eigenvalue weighted by Crippen LogP contribution is -2.46. The van der Waals surface area contributed by atoms with Crippen LogP contribution in [0, 0.1) is 0 Å². The Bertz CT molecular complexity index is 1270. The van der Waals surface area contributed by atoms with E-state index in [1.807, 2.05) is 103 Å². The lowest BCUT2D eigenvalue weighted by Gasteiger charge is -2.39. The van der Waals surface area contributed by atoms with Gasteiger partial charge in [0, 0.05) is 22.4 Å². The van der Waals surface area contributed by atoms with Crippen molar-refractivity contribution in [2.75, 3.05) is 7.11 Å². The predicted molar refractivity (Wildman–Crippen MR) is 144 cm³/mol. The number of Topliss-reactive ketones (excluding diaryl/α,β-unsaturated/α-hetero) is 1. The highest BCUT2D eigenvalue weighted by molar-refractivity contribution is 9.10. The van der Waals surface area contributed by atoms with Crippen LogP contribution in [0.5, 0.6) is 0 Å². The van der Waals surface area contributed by atoms with Crippen LogP contribution in [0.15, 0.2) is 120 Å². The van der Waals surface area contributed by atoms with Gasteiger partial charge < -0.3 is 9.47 Å². The number of carbonyl (C=O) groups is 2. The van der Waals surface area contributed by atoms with Crippen molar-refractivity contribution in [3.63, 3.8) is 0 Å². The lowest BCUT2D eigenvalue weighted by atomic mass is 9.73. The highest BCUT2D eigenvalue weighted by Crippen LogP contribution is 2.45. The van der Waals surface area contributed by atoms with Crippen molar-refractivity contribution in [1.82, 2.24) is 0 Å². The van der Waals surface area contributed by atoms with Gasteiger partial charge in [-0.2, -0.15) is 0 Å². The van der Waals surface area contributed by atoms with E-state index in [0.717, 1.165) is 15.6 Å². The van der Waals surface area contributed by atoms with Gasteiger partial charge in [-0.1, -0.05) is 119 Å². The number of hydrogen-bond acceptors (Lipinski definition) is 4. The van der Waals surface area contributed by atoms with E-state index in [1.54, 1.807) is 12.1 Å². The number of ether oxygens (including phenoxy) is 2. The summed E-state index contributed by atoms with van der Waals surface area (Å²) in [5, 5.41) is 0. The molecule has 36 heavy (non-hydrogen) atoms. The zero-order valence-electron chi connectivity index (χ0n) is 20.0. The van der Waals surface area contributed by atoms with Crippen LogP contribution in [0.25, 0.3) is 0 Å². The molecule has 4 rings (SSSR count). The molecule has 4 aromatic rings. The van der Waals surface area contributed by atoms with E-state index in [4.69, 9.17) is 9.47 Å². The first kappa shape index (κ1) is 25.5. The number of ketones is 1. The van der Waals surface area contributed by atoms with Gasteiger partial charge in [0.25, 0.3) is 0 Å². The monoisotopic (exact) mass is 542 g/mol. The summed E-state index contributed by atoms with van der Waals surface area (Å²) in [5.41, 5.74) is 1.34. The minimum atomic E-state index is -1.57. The van der Waals surface area contributed by atoms with Gasteiger partial charge in [0.1, 0.15) is 0 Å². The Morgan fingerprint density at radius 3 is 1.92 bits per heavy atom. The van der Waals surface area contributed by atoms with Crippen LogP contribution in [-0.2, 0) is 26.5 Å². The van der Waals surface area contributed by atoms with Crippen LogP contribution < -0.4 is 0 Å². The van der Waals surface area contributed by atoms with Crippen LogP contribution >= 0.6 is 15.9 Å². The van der Waals surface area contributed by atoms with Crippen LogP contribution in [0.2, 0.25) is 0 Å². The number of benzene rings is 4. The average Bonchev–Trinajstić information content (AvgIpc) is 2.94. The second-order valence-electron chi connectivity index (χ2n) is 8.46. The lowest BCUT2D eigenvalue weighted by molar-refractivity contribution is -0.178. The van der Waals surface area contributed by atoms with E-state index >= 15 is 0 Å². The molecule has 0 unspecified atom stereocenters. The molecule has 4 nitrogen and oxygen atoms in total. The van der Waals surface area contributed by atoms with Crippen molar-refractivity contribution >= 4 is 27.7 Å². The minimum absolute atomic E-state index is 0.0496. The van der Waals surface area contributed by atoms with Gasteiger partial charge >= 0.3 is 5.97 Å². The summed E-state index contributed by atoms with van der Waals surface area (Å²) in [5.74, 6) is -1.29. The number of carbonyl (C=O) groups excluding carboxylic acids is 2. The molecule has 0 spiro atoms. The second-order valence-corrected chi connectivity index (χ2v) is 9.38. The molecule has 182 valence electrons. The molecule has 0 amide bonds. The molecule has 0 heterocycles. The van der Waals surface area contributed by atoms with Crippen LogP contribution in [-0.4, -0.2) is 18.9 Å². The zero-order valence-corrected chi connectivity index (χ0v) is 21.6. The third-order valence-electron chi connectivity index (χ3n) is 6.25. The first-order chi connectivity index (χ1) is 17.5. The smallest absolute Gasteiger partial charge is 0.343 e. The molecule has 0 fully saturated rings. The van der Waals surface area contributed by atoms with Crippen LogP contribution in [0.3, 0.4) is 0 Å². The molecule has 5 heteroatoms. The molecule has 0 saturated heterocycles. The van der Waals surface area contributed by atoms with Gasteiger partial charge in [-0.3, -0.25) is 4.79 Å². The summed E-state index contributed by atoms with van der Waals surface area (Å²) < 4.78 is 12.9. The van der Waals surface area contributed by atoms with Gasteiger partial charge in [-0.05, 0) is 28.8 Å². The summed E-state index contributed by atoms with van der Waals surface area (Å²) in [6, 6.07) is 35.7. The maximum atomic E-state index is 13.8. The molecule has 0 aliphatic heterocycles. The number of rotatable bonds is 10. The largest absolute Gasteiger partial charge is 0.467 e. The van der Waals surface area contributed by atoms with Crippen molar-refractivity contribution in [3.8, 4) is 0 Å². The fraction of sp³-hybridized carbons (Fsp3) is 0.161. The van der Waals surface area contributed by atoms with E-state index in [2.05, 4.69) is 15.9 Å². The third-order valence-corrected chi connectivity index (χ3v) is 6.78. The minimum Gasteiger partial charge on any atom is -0.467 e. The van der Waals surface area contributed by atoms with Crippen LogP contribution in [0.1, 0.15) is 39.4 Å². The van der Waals surface area contributed by atoms with Crippen LogP contribution in [0.4, 0.5) is 0 Å². The Morgan fingerprint density at radius 1 is 0.778 bits per heavy atom. The van der Waals surface area contributed by atoms with Gasteiger partial charge in [-0.15, -0.1) is 0 Å². The number of esters is 1. The molecule has 0 radical (unpaired) electrons.